The van der Waals surface area contributed by atoms with Gasteiger partial charge in [-0.15, -0.1) is 0 Å². The quantitative estimate of drug-likeness (QED) is 0.197. The van der Waals surface area contributed by atoms with Gasteiger partial charge in [-0.3, -0.25) is 0 Å². The van der Waals surface area contributed by atoms with E-state index in [1.165, 1.54) is 25.2 Å². The van der Waals surface area contributed by atoms with Crippen molar-refractivity contribution in [1.82, 2.24) is 0 Å². The van der Waals surface area contributed by atoms with Crippen molar-refractivity contribution < 1.29 is 40.2 Å². The summed E-state index contributed by atoms with van der Waals surface area (Å²) in [6.45, 7) is 4.84. The Morgan fingerprint density at radius 3 is 2.39 bits per heavy atom. The minimum absolute atomic E-state index is 0.0197. The third-order valence-electron chi connectivity index (χ3n) is 11.0. The fourth-order valence-electron chi connectivity index (χ4n) is 8.42. The molecule has 0 aliphatic heterocycles. The largest absolute Gasteiger partial charge is 0.458 e. The van der Waals surface area contributed by atoms with Crippen LogP contribution < -0.4 is 0 Å². The zero-order valence-corrected chi connectivity index (χ0v) is 22.2. The summed E-state index contributed by atoms with van der Waals surface area (Å²) >= 11 is 0. The van der Waals surface area contributed by atoms with E-state index in [-0.39, 0.29) is 25.7 Å². The second-order valence-corrected chi connectivity index (χ2v) is 12.5. The third-order valence-corrected chi connectivity index (χ3v) is 11.0. The Morgan fingerprint density at radius 2 is 1.74 bits per heavy atom. The monoisotopic (exact) mass is 528 g/mol. The second-order valence-electron chi connectivity index (χ2n) is 12.5. The molecule has 0 aromatic heterocycles. The summed E-state index contributed by atoms with van der Waals surface area (Å²) in [6, 6.07) is 9.22. The molecule has 3 saturated carbocycles. The van der Waals surface area contributed by atoms with Crippen molar-refractivity contribution in [3.05, 3.63) is 54.1 Å². The summed E-state index contributed by atoms with van der Waals surface area (Å²) < 4.78 is 5.99. The van der Waals surface area contributed by atoms with Gasteiger partial charge in [0.25, 0.3) is 0 Å². The lowest BCUT2D eigenvalue weighted by atomic mass is 9.41. The predicted octanol–water partition coefficient (Wildman–Crippen LogP) is 1.86. The Bertz CT molecular complexity index is 1150. The topological polar surface area (TPSA) is 148 Å². The van der Waals surface area contributed by atoms with Crippen molar-refractivity contribution in [2.75, 3.05) is 0 Å². The van der Waals surface area contributed by atoms with E-state index in [9.17, 15) is 35.4 Å². The van der Waals surface area contributed by atoms with Gasteiger partial charge in [0, 0.05) is 23.8 Å². The lowest BCUT2D eigenvalue weighted by Crippen LogP contribution is -2.80. The molecule has 8 heteroatoms. The van der Waals surface area contributed by atoms with E-state index in [2.05, 4.69) is 0 Å². The molecule has 4 aliphatic carbocycles. The van der Waals surface area contributed by atoms with Gasteiger partial charge in [0.05, 0.1) is 23.2 Å². The number of aliphatic hydroxyl groups excluding tert-OH is 2. The van der Waals surface area contributed by atoms with Crippen LogP contribution in [0.1, 0.15) is 64.9 Å². The SMILES string of the molecule is CC(O)C1(O)CCC2(O)C3(O)C=CC4(O)CC(O)CCC4(C)C3CC(OC(=O)C=Cc3ccccc3)C12C. The van der Waals surface area contributed by atoms with Gasteiger partial charge in [0.1, 0.15) is 22.9 Å². The summed E-state index contributed by atoms with van der Waals surface area (Å²) in [5, 5.41) is 69.4. The van der Waals surface area contributed by atoms with Crippen LogP contribution in [0.2, 0.25) is 0 Å². The number of hydrogen-bond donors (Lipinski definition) is 6. The molecule has 0 radical (unpaired) electrons. The van der Waals surface area contributed by atoms with E-state index in [1.807, 2.05) is 37.3 Å². The second kappa shape index (κ2) is 8.71. The van der Waals surface area contributed by atoms with Gasteiger partial charge in [0.15, 0.2) is 0 Å². The number of esters is 1. The highest BCUT2D eigenvalue weighted by Crippen LogP contribution is 2.71. The number of rotatable bonds is 4. The highest BCUT2D eigenvalue weighted by Gasteiger charge is 2.82. The van der Waals surface area contributed by atoms with E-state index < -0.39 is 63.4 Å². The minimum atomic E-state index is -1.99. The molecular weight excluding hydrogens is 488 g/mol. The van der Waals surface area contributed by atoms with Crippen molar-refractivity contribution in [2.24, 2.45) is 16.7 Å². The number of carbonyl (C=O) groups is 1. The van der Waals surface area contributed by atoms with Crippen molar-refractivity contribution in [3.8, 4) is 0 Å². The van der Waals surface area contributed by atoms with Crippen LogP contribution in [0, 0.1) is 16.7 Å². The fourth-order valence-corrected chi connectivity index (χ4v) is 8.42. The molecule has 0 spiro atoms. The number of benzene rings is 1. The first-order chi connectivity index (χ1) is 17.7. The first-order valence-corrected chi connectivity index (χ1v) is 13.6. The number of aliphatic hydroxyl groups is 6. The summed E-state index contributed by atoms with van der Waals surface area (Å²) in [6.07, 6.45) is 3.56. The zero-order chi connectivity index (χ0) is 27.8. The molecule has 0 saturated heterocycles. The van der Waals surface area contributed by atoms with E-state index in [0.717, 1.165) is 5.56 Å². The molecule has 1 aromatic rings. The van der Waals surface area contributed by atoms with Gasteiger partial charge in [-0.05, 0) is 50.7 Å². The maximum Gasteiger partial charge on any atom is 0.331 e. The summed E-state index contributed by atoms with van der Waals surface area (Å²) in [4.78, 5) is 13.1. The Labute approximate surface area is 223 Å². The van der Waals surface area contributed by atoms with Crippen molar-refractivity contribution in [1.29, 1.82) is 0 Å². The lowest BCUT2D eigenvalue weighted by molar-refractivity contribution is -0.326. The molecule has 0 amide bonds. The van der Waals surface area contributed by atoms with Crippen LogP contribution in [-0.2, 0) is 9.53 Å². The molecule has 1 aromatic carbocycles. The summed E-state index contributed by atoms with van der Waals surface area (Å²) in [5.74, 6) is -1.44. The Kier molecular flexibility index (Phi) is 6.31. The molecule has 3 fully saturated rings. The average molecular weight is 529 g/mol. The Morgan fingerprint density at radius 1 is 1.05 bits per heavy atom. The average Bonchev–Trinajstić information content (AvgIpc) is 3.10. The molecule has 0 bridgehead atoms. The van der Waals surface area contributed by atoms with E-state index in [4.69, 9.17) is 4.74 Å². The number of ether oxygens (including phenoxy) is 1. The minimum Gasteiger partial charge on any atom is -0.458 e. The van der Waals surface area contributed by atoms with Gasteiger partial charge in [-0.2, -0.15) is 0 Å². The van der Waals surface area contributed by atoms with Crippen LogP contribution in [0.15, 0.2) is 48.6 Å². The molecule has 38 heavy (non-hydrogen) atoms. The van der Waals surface area contributed by atoms with Crippen LogP contribution in [0.4, 0.5) is 0 Å². The zero-order valence-electron chi connectivity index (χ0n) is 22.2. The number of hydrogen-bond acceptors (Lipinski definition) is 8. The lowest BCUT2D eigenvalue weighted by Gasteiger charge is -2.68. The summed E-state index contributed by atoms with van der Waals surface area (Å²) in [5.41, 5.74) is -8.97. The Balaban J connectivity index is 1.60. The smallest absolute Gasteiger partial charge is 0.331 e. The maximum atomic E-state index is 13.1. The molecule has 8 nitrogen and oxygen atoms in total. The van der Waals surface area contributed by atoms with Gasteiger partial charge in [0.2, 0.25) is 0 Å². The van der Waals surface area contributed by atoms with E-state index in [1.54, 1.807) is 13.0 Å². The van der Waals surface area contributed by atoms with Crippen molar-refractivity contribution in [2.45, 2.75) is 100 Å². The third kappa shape index (κ3) is 3.41. The molecule has 0 heterocycles. The van der Waals surface area contributed by atoms with E-state index in [0.29, 0.717) is 12.8 Å². The first-order valence-electron chi connectivity index (χ1n) is 13.6. The highest BCUT2D eigenvalue weighted by atomic mass is 16.5. The molecule has 4 aliphatic rings. The van der Waals surface area contributed by atoms with Crippen LogP contribution in [0.5, 0.6) is 0 Å². The molecular formula is C30H40O8. The van der Waals surface area contributed by atoms with Crippen LogP contribution >= 0.6 is 0 Å². The van der Waals surface area contributed by atoms with Crippen LogP contribution in [-0.4, -0.2) is 77.3 Å². The van der Waals surface area contributed by atoms with E-state index >= 15 is 0 Å². The predicted molar refractivity (Wildman–Crippen MR) is 139 cm³/mol. The van der Waals surface area contributed by atoms with Gasteiger partial charge < -0.3 is 35.4 Å². The number of carbonyl (C=O) groups excluding carboxylic acids is 1. The maximum absolute atomic E-state index is 13.1. The van der Waals surface area contributed by atoms with Crippen LogP contribution in [0.25, 0.3) is 6.08 Å². The first kappa shape index (κ1) is 27.5. The van der Waals surface area contributed by atoms with Crippen LogP contribution in [0.3, 0.4) is 0 Å². The molecule has 6 N–H and O–H groups in total. The standard InChI is InChI=1S/C30H40O8/c1-19(31)28(35)15-16-30(37)26(28,3)23(38-24(33)10-9-20-7-5-4-6-8-20)17-22-25(2)12-11-21(32)18-27(25,34)13-14-29(22,30)36/h4-10,13-14,19,21-23,31-32,34-37H,11-12,15-18H2,1-3H3. The molecule has 10 atom stereocenters. The highest BCUT2D eigenvalue weighted by molar-refractivity contribution is 5.87. The van der Waals surface area contributed by atoms with Gasteiger partial charge in [-0.1, -0.05) is 56.3 Å². The molecule has 10 unspecified atom stereocenters. The van der Waals surface area contributed by atoms with Crippen molar-refractivity contribution in [3.63, 3.8) is 0 Å². The van der Waals surface area contributed by atoms with Gasteiger partial charge in [-0.25, -0.2) is 4.79 Å². The Hall–Kier alpha value is -2.07. The molecule has 5 rings (SSSR count). The van der Waals surface area contributed by atoms with Crippen molar-refractivity contribution >= 4 is 12.0 Å². The fraction of sp³-hybridized carbons (Fsp3) is 0.633. The molecule has 208 valence electrons. The normalized spacial score (nSPS) is 48.7. The number of fused-ring (bicyclic) bond motifs is 5. The summed E-state index contributed by atoms with van der Waals surface area (Å²) in [7, 11) is 0. The van der Waals surface area contributed by atoms with Gasteiger partial charge >= 0.3 is 5.97 Å².